The average molecular weight is 438 g/mol. The summed E-state index contributed by atoms with van der Waals surface area (Å²) in [5.74, 6) is 0.152. The van der Waals surface area contributed by atoms with Crippen LogP contribution in [0.5, 0.6) is 5.75 Å². The minimum Gasteiger partial charge on any atom is -0.497 e. The molecule has 1 aromatic carbocycles. The van der Waals surface area contributed by atoms with Crippen LogP contribution in [0.4, 0.5) is 0 Å². The second-order valence-electron chi connectivity index (χ2n) is 7.31. The van der Waals surface area contributed by atoms with Crippen LogP contribution in [0, 0.1) is 5.92 Å². The summed E-state index contributed by atoms with van der Waals surface area (Å²) in [6.45, 7) is 1.22. The minimum absolute atomic E-state index is 0.167. The summed E-state index contributed by atoms with van der Waals surface area (Å²) < 4.78 is 34.4. The second kappa shape index (κ2) is 12.3. The quantitative estimate of drug-likeness (QED) is 0.414. The highest BCUT2D eigenvalue weighted by Gasteiger charge is 2.14. The van der Waals surface area contributed by atoms with Gasteiger partial charge in [-0.3, -0.25) is 4.79 Å². The number of benzene rings is 1. The smallest absolute Gasteiger partial charge is 0.303 e. The summed E-state index contributed by atoms with van der Waals surface area (Å²) in [4.78, 5) is 15.2. The van der Waals surface area contributed by atoms with Crippen molar-refractivity contribution in [1.82, 2.24) is 14.3 Å². The maximum Gasteiger partial charge on any atom is 0.303 e. The summed E-state index contributed by atoms with van der Waals surface area (Å²) in [6.07, 6.45) is 10.6. The Morgan fingerprint density at radius 3 is 2.53 bits per heavy atom. The monoisotopic (exact) mass is 437 g/mol. The molecule has 30 heavy (non-hydrogen) atoms. The number of carboxylic acids is 1. The fourth-order valence-corrected chi connectivity index (χ4v) is 4.42. The zero-order valence-electron chi connectivity index (χ0n) is 17.4. The van der Waals surface area contributed by atoms with Crippen molar-refractivity contribution in [2.24, 2.45) is 5.92 Å². The van der Waals surface area contributed by atoms with Crippen molar-refractivity contribution in [2.45, 2.75) is 56.4 Å². The minimum atomic E-state index is -3.54. The molecule has 0 aliphatic rings. The van der Waals surface area contributed by atoms with E-state index < -0.39 is 16.0 Å². The van der Waals surface area contributed by atoms with Crippen molar-refractivity contribution in [3.8, 4) is 5.75 Å². The highest BCUT2D eigenvalue weighted by atomic mass is 32.2. The molecule has 9 heteroatoms. The van der Waals surface area contributed by atoms with Crippen LogP contribution >= 0.6 is 0 Å². The summed E-state index contributed by atoms with van der Waals surface area (Å²) in [5, 5.41) is 8.98. The van der Waals surface area contributed by atoms with Gasteiger partial charge in [0.25, 0.3) is 0 Å². The summed E-state index contributed by atoms with van der Waals surface area (Å²) in [6, 6.07) is 6.27. The number of aliphatic carboxylic acids is 1. The Labute approximate surface area is 178 Å². The van der Waals surface area contributed by atoms with E-state index in [1.807, 2.05) is 10.8 Å². The molecule has 0 spiro atoms. The molecule has 0 amide bonds. The molecule has 0 bridgehead atoms. The lowest BCUT2D eigenvalue weighted by molar-refractivity contribution is -0.137. The number of aryl methyl sites for hydroxylation is 1. The van der Waals surface area contributed by atoms with Crippen molar-refractivity contribution < 1.29 is 23.1 Å². The molecular formula is C21H31N3O5S. The van der Waals surface area contributed by atoms with Crippen molar-refractivity contribution in [2.75, 3.05) is 13.7 Å². The Bertz CT molecular complexity index is 851. The number of ether oxygens (including phenoxy) is 1. The van der Waals surface area contributed by atoms with Gasteiger partial charge in [-0.2, -0.15) is 0 Å². The van der Waals surface area contributed by atoms with Gasteiger partial charge in [0.2, 0.25) is 10.0 Å². The number of imidazole rings is 1. The first-order chi connectivity index (χ1) is 14.4. The molecule has 1 unspecified atom stereocenters. The number of methoxy groups -OCH3 is 1. The predicted molar refractivity (Wildman–Crippen MR) is 114 cm³/mol. The number of hydrogen-bond acceptors (Lipinski definition) is 5. The number of carboxylic acid groups (broad SMARTS) is 1. The molecule has 0 fully saturated rings. The van der Waals surface area contributed by atoms with Crippen LogP contribution in [0.15, 0.2) is 47.9 Å². The van der Waals surface area contributed by atoms with Crippen molar-refractivity contribution in [1.29, 1.82) is 0 Å². The molecule has 2 rings (SSSR count). The van der Waals surface area contributed by atoms with Crippen LogP contribution in [0.3, 0.4) is 0 Å². The Morgan fingerprint density at radius 1 is 1.17 bits per heavy atom. The van der Waals surface area contributed by atoms with Crippen LogP contribution in [0.25, 0.3) is 0 Å². The van der Waals surface area contributed by atoms with Crippen LogP contribution in [0.2, 0.25) is 0 Å². The van der Waals surface area contributed by atoms with Crippen LogP contribution in [-0.2, 0) is 21.4 Å². The Balaban J connectivity index is 1.72. The molecular weight excluding hydrogens is 406 g/mol. The molecule has 0 radical (unpaired) electrons. The number of rotatable bonds is 15. The topological polar surface area (TPSA) is 111 Å². The van der Waals surface area contributed by atoms with Gasteiger partial charge >= 0.3 is 5.97 Å². The van der Waals surface area contributed by atoms with Crippen molar-refractivity contribution in [3.63, 3.8) is 0 Å². The summed E-state index contributed by atoms with van der Waals surface area (Å²) in [7, 11) is -2.01. The van der Waals surface area contributed by atoms with E-state index >= 15 is 0 Å². The SMILES string of the molecule is COc1ccc(S(=O)(=O)NCCCCC(CCCn2ccnc2)CCC(=O)O)cc1. The van der Waals surface area contributed by atoms with Crippen molar-refractivity contribution >= 4 is 16.0 Å². The molecule has 0 aliphatic carbocycles. The zero-order valence-corrected chi connectivity index (χ0v) is 18.2. The number of hydrogen-bond donors (Lipinski definition) is 2. The third-order valence-electron chi connectivity index (χ3n) is 5.06. The van der Waals surface area contributed by atoms with Crippen LogP contribution in [-0.4, -0.2) is 42.7 Å². The standard InChI is InChI=1S/C21H31N3O5S/c1-29-19-8-10-20(11-9-19)30(27,28)23-13-3-2-5-18(7-12-21(25)26)6-4-15-24-16-14-22-17-24/h8-11,14,16-18,23H,2-7,12-13,15H2,1H3,(H,25,26). The highest BCUT2D eigenvalue weighted by molar-refractivity contribution is 7.89. The number of aromatic nitrogens is 2. The maximum atomic E-state index is 12.3. The molecule has 1 heterocycles. The lowest BCUT2D eigenvalue weighted by Crippen LogP contribution is -2.24. The van der Waals surface area contributed by atoms with Gasteiger partial charge in [0.05, 0.1) is 18.3 Å². The second-order valence-corrected chi connectivity index (χ2v) is 9.08. The van der Waals surface area contributed by atoms with E-state index in [-0.39, 0.29) is 11.3 Å². The highest BCUT2D eigenvalue weighted by Crippen LogP contribution is 2.21. The molecule has 0 saturated heterocycles. The van der Waals surface area contributed by atoms with Gasteiger partial charge in [-0.25, -0.2) is 18.1 Å². The van der Waals surface area contributed by atoms with E-state index in [0.29, 0.717) is 31.1 Å². The fourth-order valence-electron chi connectivity index (χ4n) is 3.34. The molecule has 0 aliphatic heterocycles. The van der Waals surface area contributed by atoms with Gasteiger partial charge in [-0.1, -0.05) is 12.8 Å². The number of nitrogens with zero attached hydrogens (tertiary/aromatic N) is 2. The van der Waals surface area contributed by atoms with Gasteiger partial charge in [0.1, 0.15) is 5.75 Å². The molecule has 1 atom stereocenters. The Kier molecular flexibility index (Phi) is 9.82. The lowest BCUT2D eigenvalue weighted by atomic mass is 9.92. The lowest BCUT2D eigenvalue weighted by Gasteiger charge is -2.16. The van der Waals surface area contributed by atoms with E-state index in [4.69, 9.17) is 9.84 Å². The first-order valence-corrected chi connectivity index (χ1v) is 11.7. The predicted octanol–water partition coefficient (Wildman–Crippen LogP) is 3.30. The molecule has 8 nitrogen and oxygen atoms in total. The van der Waals surface area contributed by atoms with Crippen LogP contribution < -0.4 is 9.46 Å². The normalized spacial score (nSPS) is 12.6. The molecule has 2 N–H and O–H groups in total. The van der Waals surface area contributed by atoms with Gasteiger partial charge in [0, 0.05) is 31.9 Å². The first-order valence-electron chi connectivity index (χ1n) is 10.2. The molecule has 166 valence electrons. The number of sulfonamides is 1. The van der Waals surface area contributed by atoms with E-state index in [9.17, 15) is 13.2 Å². The average Bonchev–Trinajstić information content (AvgIpc) is 3.24. The van der Waals surface area contributed by atoms with E-state index in [0.717, 1.165) is 32.2 Å². The summed E-state index contributed by atoms with van der Waals surface area (Å²) in [5.41, 5.74) is 0. The summed E-state index contributed by atoms with van der Waals surface area (Å²) >= 11 is 0. The number of carbonyl (C=O) groups is 1. The third-order valence-corrected chi connectivity index (χ3v) is 6.53. The third kappa shape index (κ3) is 8.54. The molecule has 0 saturated carbocycles. The maximum absolute atomic E-state index is 12.3. The molecule has 1 aromatic heterocycles. The van der Waals surface area contributed by atoms with E-state index in [1.54, 1.807) is 24.7 Å². The largest absolute Gasteiger partial charge is 0.497 e. The number of nitrogens with one attached hydrogen (secondary N) is 1. The van der Waals surface area contributed by atoms with Gasteiger partial charge in [-0.15, -0.1) is 0 Å². The van der Waals surface area contributed by atoms with E-state index in [2.05, 4.69) is 9.71 Å². The van der Waals surface area contributed by atoms with Gasteiger partial charge in [0.15, 0.2) is 0 Å². The van der Waals surface area contributed by atoms with Gasteiger partial charge in [-0.05, 0) is 55.9 Å². The Morgan fingerprint density at radius 2 is 1.90 bits per heavy atom. The number of unbranched alkanes of at least 4 members (excludes halogenated alkanes) is 1. The zero-order chi connectivity index (χ0) is 21.8. The first kappa shape index (κ1) is 23.9. The fraction of sp³-hybridized carbons (Fsp3) is 0.524. The van der Waals surface area contributed by atoms with E-state index in [1.165, 1.54) is 19.2 Å². The Hall–Kier alpha value is -2.39. The van der Waals surface area contributed by atoms with Crippen LogP contribution in [0.1, 0.15) is 44.9 Å². The van der Waals surface area contributed by atoms with Gasteiger partial charge < -0.3 is 14.4 Å². The molecule has 2 aromatic rings. The van der Waals surface area contributed by atoms with Crippen molar-refractivity contribution in [3.05, 3.63) is 43.0 Å².